The van der Waals surface area contributed by atoms with Crippen LogP contribution in [-0.4, -0.2) is 193 Å². The number of aliphatic hydroxyl groups is 11. The van der Waals surface area contributed by atoms with E-state index in [0.717, 1.165) is 77.0 Å². The third kappa shape index (κ3) is 30.1. The molecule has 3 aliphatic rings. The van der Waals surface area contributed by atoms with Crippen LogP contribution >= 0.6 is 0 Å². The minimum atomic E-state index is -1.99. The van der Waals surface area contributed by atoms with Gasteiger partial charge in [-0.25, -0.2) is 0 Å². The monoisotopic (exact) mass is 1200 g/mol. The van der Waals surface area contributed by atoms with Gasteiger partial charge in [0.25, 0.3) is 0 Å². The van der Waals surface area contributed by atoms with Crippen LogP contribution in [0.2, 0.25) is 0 Å². The Morgan fingerprint density at radius 1 is 0.429 bits per heavy atom. The molecule has 84 heavy (non-hydrogen) atoms. The van der Waals surface area contributed by atoms with Gasteiger partial charge in [-0.3, -0.25) is 4.79 Å². The summed E-state index contributed by atoms with van der Waals surface area (Å²) in [5, 5.41) is 120. The zero-order valence-electron chi connectivity index (χ0n) is 51.1. The fraction of sp³-hybridized carbons (Fsp3) is 0.831. The SMILES string of the molecule is CCC/C=C\C/C=C\CCCCCCCC(=O)NC(COC1OC(CO)C(OC2OC(CO)C(OC3OC(CO)C(O)C(O)C3O)C(O)C2O)C(O)C1O)C(O)/C=C/CC/C=C/CC/C=C/CCCCCCCCCCCCCCCCCC. The molecule has 488 valence electrons. The number of allylic oxidation sites excluding steroid dienone is 9. The van der Waals surface area contributed by atoms with Crippen LogP contribution in [0.5, 0.6) is 0 Å². The van der Waals surface area contributed by atoms with Crippen LogP contribution in [0.1, 0.15) is 213 Å². The van der Waals surface area contributed by atoms with Crippen molar-refractivity contribution in [3.05, 3.63) is 60.8 Å². The van der Waals surface area contributed by atoms with E-state index in [1.807, 2.05) is 6.08 Å². The van der Waals surface area contributed by atoms with E-state index in [1.54, 1.807) is 6.08 Å². The Morgan fingerprint density at radius 3 is 1.31 bits per heavy atom. The summed E-state index contributed by atoms with van der Waals surface area (Å²) in [6.45, 7) is 1.62. The fourth-order valence-electron chi connectivity index (χ4n) is 10.7. The Kier molecular flexibility index (Phi) is 42.8. The lowest BCUT2D eigenvalue weighted by molar-refractivity contribution is -0.379. The maximum atomic E-state index is 13.3. The fourth-order valence-corrected chi connectivity index (χ4v) is 10.7. The van der Waals surface area contributed by atoms with Gasteiger partial charge < -0.3 is 89.9 Å². The molecule has 12 N–H and O–H groups in total. The molecule has 3 saturated heterocycles. The molecule has 17 unspecified atom stereocenters. The molecule has 3 rings (SSSR count). The third-order valence-corrected chi connectivity index (χ3v) is 16.0. The molecule has 0 bridgehead atoms. The van der Waals surface area contributed by atoms with Gasteiger partial charge in [0.15, 0.2) is 18.9 Å². The predicted octanol–water partition coefficient (Wildman–Crippen LogP) is 7.21. The van der Waals surface area contributed by atoms with Crippen molar-refractivity contribution in [1.29, 1.82) is 0 Å². The smallest absolute Gasteiger partial charge is 0.220 e. The quantitative estimate of drug-likeness (QED) is 0.0211. The lowest BCUT2D eigenvalue weighted by Crippen LogP contribution is -2.66. The number of carbonyl (C=O) groups excluding carboxylic acids is 1. The average molecular weight is 1200 g/mol. The first-order chi connectivity index (χ1) is 40.8. The molecule has 0 aliphatic carbocycles. The van der Waals surface area contributed by atoms with Gasteiger partial charge in [-0.15, -0.1) is 0 Å². The van der Waals surface area contributed by atoms with Crippen molar-refractivity contribution in [1.82, 2.24) is 5.32 Å². The number of amides is 1. The summed E-state index contributed by atoms with van der Waals surface area (Å²) in [5.74, 6) is -0.306. The van der Waals surface area contributed by atoms with Crippen LogP contribution in [-0.2, 0) is 33.2 Å². The Bertz CT molecular complexity index is 1770. The van der Waals surface area contributed by atoms with E-state index in [-0.39, 0.29) is 18.9 Å². The van der Waals surface area contributed by atoms with Crippen molar-refractivity contribution in [3.63, 3.8) is 0 Å². The zero-order chi connectivity index (χ0) is 61.2. The molecule has 0 spiro atoms. The summed E-state index contributed by atoms with van der Waals surface area (Å²) < 4.78 is 34.2. The van der Waals surface area contributed by atoms with Crippen LogP contribution in [0.4, 0.5) is 0 Å². The summed E-state index contributed by atoms with van der Waals surface area (Å²) in [5.41, 5.74) is 0. The van der Waals surface area contributed by atoms with Crippen LogP contribution in [0.15, 0.2) is 60.8 Å². The van der Waals surface area contributed by atoms with Crippen molar-refractivity contribution in [2.24, 2.45) is 0 Å². The van der Waals surface area contributed by atoms with Gasteiger partial charge in [-0.2, -0.15) is 0 Å². The normalized spacial score (nSPS) is 29.6. The first kappa shape index (κ1) is 75.7. The van der Waals surface area contributed by atoms with Crippen molar-refractivity contribution in [3.8, 4) is 0 Å². The minimum absolute atomic E-state index is 0.213. The Morgan fingerprint density at radius 2 is 0.821 bits per heavy atom. The van der Waals surface area contributed by atoms with Gasteiger partial charge in [-0.1, -0.05) is 197 Å². The largest absolute Gasteiger partial charge is 0.394 e. The van der Waals surface area contributed by atoms with Gasteiger partial charge in [-0.05, 0) is 70.6 Å². The highest BCUT2D eigenvalue weighted by Crippen LogP contribution is 2.33. The van der Waals surface area contributed by atoms with Crippen LogP contribution < -0.4 is 5.32 Å². The lowest BCUT2D eigenvalue weighted by atomic mass is 9.96. The molecular formula is C65H115NO18. The molecule has 0 saturated carbocycles. The third-order valence-electron chi connectivity index (χ3n) is 16.0. The molecule has 3 aliphatic heterocycles. The number of aliphatic hydroxyl groups excluding tert-OH is 11. The summed E-state index contributed by atoms with van der Waals surface area (Å²) >= 11 is 0. The van der Waals surface area contributed by atoms with E-state index in [1.165, 1.54) is 103 Å². The number of hydrogen-bond acceptors (Lipinski definition) is 18. The molecule has 17 atom stereocenters. The summed E-state index contributed by atoms with van der Waals surface area (Å²) in [7, 11) is 0. The van der Waals surface area contributed by atoms with Crippen LogP contribution in [0.25, 0.3) is 0 Å². The first-order valence-corrected chi connectivity index (χ1v) is 32.5. The predicted molar refractivity (Wildman–Crippen MR) is 323 cm³/mol. The highest BCUT2D eigenvalue weighted by molar-refractivity contribution is 5.76. The lowest BCUT2D eigenvalue weighted by Gasteiger charge is -2.48. The molecule has 3 heterocycles. The van der Waals surface area contributed by atoms with Gasteiger partial charge in [0.05, 0.1) is 38.6 Å². The zero-order valence-corrected chi connectivity index (χ0v) is 51.1. The van der Waals surface area contributed by atoms with E-state index in [4.69, 9.17) is 28.4 Å². The average Bonchev–Trinajstić information content (AvgIpc) is 2.92. The number of nitrogens with one attached hydrogen (secondary N) is 1. The van der Waals surface area contributed by atoms with Crippen molar-refractivity contribution in [2.45, 2.75) is 317 Å². The van der Waals surface area contributed by atoms with Gasteiger partial charge in [0, 0.05) is 6.42 Å². The van der Waals surface area contributed by atoms with E-state index in [0.29, 0.717) is 12.8 Å². The second-order valence-electron chi connectivity index (χ2n) is 23.2. The minimum Gasteiger partial charge on any atom is -0.394 e. The first-order valence-electron chi connectivity index (χ1n) is 32.5. The number of rotatable bonds is 48. The van der Waals surface area contributed by atoms with Gasteiger partial charge in [0.2, 0.25) is 5.91 Å². The van der Waals surface area contributed by atoms with Crippen LogP contribution in [0.3, 0.4) is 0 Å². The molecule has 0 aromatic heterocycles. The summed E-state index contributed by atoms with van der Waals surface area (Å²) in [4.78, 5) is 13.3. The van der Waals surface area contributed by atoms with Crippen molar-refractivity contribution >= 4 is 5.91 Å². The maximum absolute atomic E-state index is 13.3. The Labute approximate surface area is 503 Å². The topological polar surface area (TPSA) is 307 Å². The van der Waals surface area contributed by atoms with E-state index >= 15 is 0 Å². The highest BCUT2D eigenvalue weighted by atomic mass is 16.8. The van der Waals surface area contributed by atoms with Gasteiger partial charge >= 0.3 is 0 Å². The number of ether oxygens (including phenoxy) is 6. The molecule has 1 amide bonds. The molecule has 19 heteroatoms. The Hall–Kier alpha value is -2.51. The molecule has 3 fully saturated rings. The molecule has 19 nitrogen and oxygen atoms in total. The van der Waals surface area contributed by atoms with Crippen molar-refractivity contribution in [2.75, 3.05) is 26.4 Å². The maximum Gasteiger partial charge on any atom is 0.220 e. The van der Waals surface area contributed by atoms with E-state index < -0.39 is 124 Å². The number of carbonyl (C=O) groups is 1. The summed E-state index contributed by atoms with van der Waals surface area (Å²) in [6, 6.07) is -1.01. The highest BCUT2D eigenvalue weighted by Gasteiger charge is 2.53. The van der Waals surface area contributed by atoms with Crippen LogP contribution in [0, 0.1) is 0 Å². The molecule has 0 aromatic carbocycles. The van der Waals surface area contributed by atoms with E-state index in [9.17, 15) is 61.0 Å². The molecule has 0 radical (unpaired) electrons. The van der Waals surface area contributed by atoms with Gasteiger partial charge in [0.1, 0.15) is 73.2 Å². The number of hydrogen-bond donors (Lipinski definition) is 12. The second kappa shape index (κ2) is 47.5. The summed E-state index contributed by atoms with van der Waals surface area (Å²) in [6.07, 6.45) is 29.3. The molecular weight excluding hydrogens is 1080 g/mol. The van der Waals surface area contributed by atoms with Crippen molar-refractivity contribution < 1.29 is 89.4 Å². The molecule has 0 aromatic rings. The Balaban J connectivity index is 1.47. The number of unbranched alkanes of at least 4 members (excludes halogenated alkanes) is 24. The van der Waals surface area contributed by atoms with E-state index in [2.05, 4.69) is 67.8 Å². The second-order valence-corrected chi connectivity index (χ2v) is 23.2. The standard InChI is InChI=1S/C65H115NO18/c1-3-5-7-9-11-13-15-17-18-19-20-21-22-23-24-25-26-27-28-29-31-32-34-36-38-40-42-49(70)48(66-53(71)43-41-39-37-35-33-30-16-14-12-10-8-6-4-2)47-79-63-59(77)56(74)61(51(45-68)81-63)84-65-60(78)57(75)62(52(46-69)82-65)83-64-58(76)55(73)54(72)50(44-67)80-64/h8,10,14,16,27-28,32,34,40,42,48-52,54-65,67-70,72-78H,3-7,9,11-13,15,17-26,29-31,33,35-39,41,43-47H2,1-2H3,(H,66,71)/b10-8-,16-14-,28-27+,34-32+,42-40+.